The van der Waals surface area contributed by atoms with Crippen LogP contribution in [-0.2, 0) is 9.84 Å². The van der Waals surface area contributed by atoms with E-state index < -0.39 is 15.7 Å². The molecule has 0 aliphatic carbocycles. The van der Waals surface area contributed by atoms with Crippen molar-refractivity contribution < 1.29 is 22.3 Å². The SMILES string of the molecule is COc1cc2c(Nc3ccc(Cl)cc3F)ncnc2cc1OCCCS(C)(=O)=O. The molecule has 1 N–H and O–H groups in total. The Balaban J connectivity index is 1.88. The first-order chi connectivity index (χ1) is 13.8. The van der Waals surface area contributed by atoms with E-state index in [0.717, 1.165) is 0 Å². The van der Waals surface area contributed by atoms with Gasteiger partial charge in [0.2, 0.25) is 0 Å². The molecule has 29 heavy (non-hydrogen) atoms. The quantitative estimate of drug-likeness (QED) is 0.530. The molecule has 0 atom stereocenters. The normalized spacial score (nSPS) is 11.4. The van der Waals surface area contributed by atoms with Crippen molar-refractivity contribution in [2.24, 2.45) is 0 Å². The lowest BCUT2D eigenvalue weighted by Gasteiger charge is -2.14. The second-order valence-electron chi connectivity index (χ2n) is 6.32. The fraction of sp³-hybridized carbons (Fsp3) is 0.263. The maximum absolute atomic E-state index is 14.1. The number of fused-ring (bicyclic) bond motifs is 1. The first-order valence-corrected chi connectivity index (χ1v) is 11.1. The molecule has 1 heterocycles. The molecule has 2 aromatic carbocycles. The number of hydrogen-bond donors (Lipinski definition) is 1. The number of methoxy groups -OCH3 is 1. The highest BCUT2D eigenvalue weighted by molar-refractivity contribution is 7.90. The Morgan fingerprint density at radius 2 is 1.97 bits per heavy atom. The fourth-order valence-electron chi connectivity index (χ4n) is 2.66. The minimum Gasteiger partial charge on any atom is -0.493 e. The molecule has 0 unspecified atom stereocenters. The van der Waals surface area contributed by atoms with E-state index in [4.69, 9.17) is 21.1 Å². The first-order valence-electron chi connectivity index (χ1n) is 8.62. The van der Waals surface area contributed by atoms with Crippen LogP contribution in [0.2, 0.25) is 5.02 Å². The van der Waals surface area contributed by atoms with Gasteiger partial charge in [0, 0.05) is 22.7 Å². The van der Waals surface area contributed by atoms with Crippen molar-refractivity contribution >= 4 is 43.8 Å². The van der Waals surface area contributed by atoms with Crippen molar-refractivity contribution in [3.05, 3.63) is 47.5 Å². The second kappa shape index (κ2) is 8.79. The van der Waals surface area contributed by atoms with Gasteiger partial charge in [-0.25, -0.2) is 22.8 Å². The first kappa shape index (κ1) is 21.1. The second-order valence-corrected chi connectivity index (χ2v) is 9.02. The molecule has 0 radical (unpaired) electrons. The van der Waals surface area contributed by atoms with Gasteiger partial charge in [0.1, 0.15) is 27.8 Å². The Morgan fingerprint density at radius 3 is 2.66 bits per heavy atom. The Morgan fingerprint density at radius 1 is 1.17 bits per heavy atom. The lowest BCUT2D eigenvalue weighted by atomic mass is 10.2. The zero-order chi connectivity index (χ0) is 21.0. The van der Waals surface area contributed by atoms with Gasteiger partial charge in [-0.15, -0.1) is 0 Å². The highest BCUT2D eigenvalue weighted by Gasteiger charge is 2.13. The molecule has 0 spiro atoms. The molecule has 0 bridgehead atoms. The van der Waals surface area contributed by atoms with Crippen LogP contribution in [0.15, 0.2) is 36.7 Å². The number of sulfone groups is 1. The highest BCUT2D eigenvalue weighted by atomic mass is 35.5. The van der Waals surface area contributed by atoms with Gasteiger partial charge >= 0.3 is 0 Å². The van der Waals surface area contributed by atoms with E-state index in [1.807, 2.05) is 0 Å². The van der Waals surface area contributed by atoms with E-state index in [0.29, 0.717) is 39.7 Å². The zero-order valence-corrected chi connectivity index (χ0v) is 17.3. The maximum atomic E-state index is 14.1. The van der Waals surface area contributed by atoms with Crippen LogP contribution < -0.4 is 14.8 Å². The highest BCUT2D eigenvalue weighted by Crippen LogP contribution is 2.35. The van der Waals surface area contributed by atoms with E-state index in [1.165, 1.54) is 31.8 Å². The number of halogens is 2. The van der Waals surface area contributed by atoms with Crippen LogP contribution in [-0.4, -0.2) is 44.1 Å². The summed E-state index contributed by atoms with van der Waals surface area (Å²) in [6.45, 7) is 0.209. The van der Waals surface area contributed by atoms with Gasteiger partial charge in [0.15, 0.2) is 11.5 Å². The summed E-state index contributed by atoms with van der Waals surface area (Å²) in [6.07, 6.45) is 2.88. The molecule has 0 aliphatic rings. The lowest BCUT2D eigenvalue weighted by Crippen LogP contribution is -2.08. The maximum Gasteiger partial charge on any atom is 0.163 e. The van der Waals surface area contributed by atoms with Crippen LogP contribution in [0.25, 0.3) is 10.9 Å². The van der Waals surface area contributed by atoms with Crippen molar-refractivity contribution in [1.29, 1.82) is 0 Å². The minimum atomic E-state index is -3.05. The molecule has 0 amide bonds. The average Bonchev–Trinajstić information content (AvgIpc) is 2.66. The van der Waals surface area contributed by atoms with Gasteiger partial charge in [-0.2, -0.15) is 0 Å². The van der Waals surface area contributed by atoms with Gasteiger partial charge in [-0.3, -0.25) is 0 Å². The van der Waals surface area contributed by atoms with Crippen LogP contribution in [0.3, 0.4) is 0 Å². The zero-order valence-electron chi connectivity index (χ0n) is 15.8. The Labute approximate surface area is 172 Å². The molecule has 154 valence electrons. The minimum absolute atomic E-state index is 0.0335. The number of hydrogen-bond acceptors (Lipinski definition) is 7. The summed E-state index contributed by atoms with van der Waals surface area (Å²) in [7, 11) is -1.56. The molecule has 10 heteroatoms. The van der Waals surface area contributed by atoms with Crippen molar-refractivity contribution in [3.8, 4) is 11.5 Å². The van der Waals surface area contributed by atoms with Gasteiger partial charge in [-0.05, 0) is 30.7 Å². The number of rotatable bonds is 8. The number of aromatic nitrogens is 2. The third-order valence-corrected chi connectivity index (χ3v) is 5.29. The van der Waals surface area contributed by atoms with Crippen LogP contribution in [0.4, 0.5) is 15.9 Å². The summed E-state index contributed by atoms with van der Waals surface area (Å²) in [6, 6.07) is 7.63. The van der Waals surface area contributed by atoms with E-state index >= 15 is 0 Å². The summed E-state index contributed by atoms with van der Waals surface area (Å²) in [4.78, 5) is 8.41. The number of ether oxygens (including phenoxy) is 2. The molecule has 1 aromatic heterocycles. The van der Waals surface area contributed by atoms with Crippen LogP contribution in [0.1, 0.15) is 6.42 Å². The molecule has 0 saturated heterocycles. The molecule has 7 nitrogen and oxygen atoms in total. The predicted octanol–water partition coefficient (Wildman–Crippen LogP) is 3.99. The van der Waals surface area contributed by atoms with Crippen molar-refractivity contribution in [2.75, 3.05) is 31.0 Å². The molecule has 3 aromatic rings. The van der Waals surface area contributed by atoms with Crippen LogP contribution >= 0.6 is 11.6 Å². The molecule has 0 fully saturated rings. The monoisotopic (exact) mass is 439 g/mol. The van der Waals surface area contributed by atoms with E-state index in [9.17, 15) is 12.8 Å². The van der Waals surface area contributed by atoms with E-state index in [-0.39, 0.29) is 18.0 Å². The summed E-state index contributed by atoms with van der Waals surface area (Å²) < 4.78 is 47.6. The summed E-state index contributed by atoms with van der Waals surface area (Å²) in [5.41, 5.74) is 0.769. The van der Waals surface area contributed by atoms with Crippen molar-refractivity contribution in [1.82, 2.24) is 9.97 Å². The molecular weight excluding hydrogens is 421 g/mol. The lowest BCUT2D eigenvalue weighted by molar-refractivity contribution is 0.295. The van der Waals surface area contributed by atoms with Crippen LogP contribution in [0, 0.1) is 5.82 Å². The topological polar surface area (TPSA) is 90.4 Å². The molecular formula is C19H19ClFN3O4S. The Kier molecular flexibility index (Phi) is 6.39. The molecule has 0 saturated carbocycles. The third-order valence-electron chi connectivity index (χ3n) is 4.02. The summed E-state index contributed by atoms with van der Waals surface area (Å²) in [5, 5.41) is 3.83. The van der Waals surface area contributed by atoms with Crippen molar-refractivity contribution in [2.45, 2.75) is 6.42 Å². The van der Waals surface area contributed by atoms with Crippen LogP contribution in [0.5, 0.6) is 11.5 Å². The van der Waals surface area contributed by atoms with Gasteiger partial charge in [-0.1, -0.05) is 11.6 Å². The average molecular weight is 440 g/mol. The number of benzene rings is 2. The Bertz CT molecular complexity index is 1140. The molecule has 0 aliphatic heterocycles. The fourth-order valence-corrected chi connectivity index (χ4v) is 3.46. The predicted molar refractivity (Wildman–Crippen MR) is 111 cm³/mol. The molecule has 3 rings (SSSR count). The smallest absolute Gasteiger partial charge is 0.163 e. The number of nitrogens with zero attached hydrogens (tertiary/aromatic N) is 2. The summed E-state index contributed by atoms with van der Waals surface area (Å²) in [5.74, 6) is 0.758. The van der Waals surface area contributed by atoms with Crippen molar-refractivity contribution in [3.63, 3.8) is 0 Å². The van der Waals surface area contributed by atoms with E-state index in [1.54, 1.807) is 18.2 Å². The van der Waals surface area contributed by atoms with Gasteiger partial charge in [0.25, 0.3) is 0 Å². The number of anilines is 2. The standard InChI is InChI=1S/C19H19ClFN3O4S/c1-27-17-9-13-16(10-18(17)28-6-3-7-29(2,25)26)22-11-23-19(13)24-15-5-4-12(20)8-14(15)21/h4-5,8-11H,3,6-7H2,1-2H3,(H,22,23,24). The Hall–Kier alpha value is -2.65. The van der Waals surface area contributed by atoms with Gasteiger partial charge < -0.3 is 14.8 Å². The summed E-state index contributed by atoms with van der Waals surface area (Å²) >= 11 is 5.79. The van der Waals surface area contributed by atoms with Gasteiger partial charge in [0.05, 0.1) is 30.7 Å². The largest absolute Gasteiger partial charge is 0.493 e. The number of nitrogens with one attached hydrogen (secondary N) is 1. The van der Waals surface area contributed by atoms with E-state index in [2.05, 4.69) is 15.3 Å². The third kappa shape index (κ3) is 5.45.